The molecule has 414 valence electrons. The number of hydrogen-bond donors (Lipinski definition) is 1. The lowest BCUT2D eigenvalue weighted by atomic mass is 10.0. The highest BCUT2D eigenvalue weighted by Crippen LogP contribution is 2.43. The van der Waals surface area contributed by atoms with Crippen LogP contribution in [0.15, 0.2) is 97.2 Å². The largest absolute Gasteiger partial charge is 0.472 e. The molecule has 0 amide bonds. The zero-order valence-corrected chi connectivity index (χ0v) is 47.8. The van der Waals surface area contributed by atoms with Gasteiger partial charge in [0.1, 0.15) is 19.8 Å². The van der Waals surface area contributed by atoms with Crippen LogP contribution in [0.1, 0.15) is 232 Å². The minimum absolute atomic E-state index is 0.00532. The van der Waals surface area contributed by atoms with Crippen molar-refractivity contribution in [1.29, 1.82) is 0 Å². The van der Waals surface area contributed by atoms with Gasteiger partial charge in [0.25, 0.3) is 0 Å². The smallest absolute Gasteiger partial charge is 0.462 e. The van der Waals surface area contributed by atoms with Crippen LogP contribution in [-0.4, -0.2) is 74.9 Å². The number of allylic oxidation sites excluding steroid dienone is 15. The van der Waals surface area contributed by atoms with Gasteiger partial charge in [-0.25, -0.2) is 4.57 Å². The number of phosphoric acid groups is 1. The summed E-state index contributed by atoms with van der Waals surface area (Å²) in [7, 11) is 1.41. The topological polar surface area (TPSA) is 108 Å². The third-order valence-electron chi connectivity index (χ3n) is 12.1. The molecule has 0 saturated heterocycles. The fraction of sp³-hybridized carbons (Fsp3) is 0.710. The number of ether oxygens (including phenoxy) is 2. The number of quaternary nitrogens is 1. The number of rotatable bonds is 52. The fourth-order valence-electron chi connectivity index (χ4n) is 7.69. The molecule has 0 saturated carbocycles. The molecule has 0 aliphatic carbocycles. The molecule has 10 heteroatoms. The highest BCUT2D eigenvalue weighted by Gasteiger charge is 2.27. The van der Waals surface area contributed by atoms with E-state index in [4.69, 9.17) is 18.5 Å². The summed E-state index contributed by atoms with van der Waals surface area (Å²) in [5, 5.41) is 0. The SMILES string of the molecule is CC/C=C\C/C=C\C/C=C\C/C=C\C/C=C\CC(=O)OC(COC(=O)CCCCCCCCCCCCCCCCCCCC/C=C\C/C=C\C/C=C\CCCCCCC)COP(=O)(O)OCC[N+](C)(C)C. The van der Waals surface area contributed by atoms with Crippen LogP contribution in [0.5, 0.6) is 0 Å². The molecule has 0 aromatic rings. The predicted molar refractivity (Wildman–Crippen MR) is 307 cm³/mol. The van der Waals surface area contributed by atoms with Gasteiger partial charge in [0.2, 0.25) is 0 Å². The number of carbonyl (C=O) groups excluding carboxylic acids is 2. The van der Waals surface area contributed by atoms with Crippen LogP contribution in [0, 0.1) is 0 Å². The lowest BCUT2D eigenvalue weighted by Gasteiger charge is -2.24. The number of likely N-dealkylation sites (N-methyl/N-ethyl adjacent to an activating group) is 1. The lowest BCUT2D eigenvalue weighted by Crippen LogP contribution is -2.37. The number of esters is 2. The number of unbranched alkanes of at least 4 members (excludes halogenated alkanes) is 23. The Balaban J connectivity index is 4.09. The van der Waals surface area contributed by atoms with E-state index in [0.717, 1.165) is 57.8 Å². The highest BCUT2D eigenvalue weighted by molar-refractivity contribution is 7.47. The van der Waals surface area contributed by atoms with E-state index in [1.54, 1.807) is 6.08 Å². The molecule has 2 atom stereocenters. The van der Waals surface area contributed by atoms with Gasteiger partial charge in [0, 0.05) is 6.42 Å². The van der Waals surface area contributed by atoms with Crippen LogP contribution in [0.3, 0.4) is 0 Å². The van der Waals surface area contributed by atoms with Crippen molar-refractivity contribution in [2.24, 2.45) is 0 Å². The van der Waals surface area contributed by atoms with E-state index >= 15 is 0 Å². The summed E-state index contributed by atoms with van der Waals surface area (Å²) in [6.07, 6.45) is 72.5. The number of carbonyl (C=O) groups is 2. The molecule has 0 spiro atoms. The summed E-state index contributed by atoms with van der Waals surface area (Å²) >= 11 is 0. The Morgan fingerprint density at radius 2 is 0.833 bits per heavy atom. The average Bonchev–Trinajstić information content (AvgIpc) is 3.34. The van der Waals surface area contributed by atoms with Gasteiger partial charge in [0.15, 0.2) is 6.10 Å². The molecule has 0 aliphatic heterocycles. The molecule has 9 nitrogen and oxygen atoms in total. The first-order chi connectivity index (χ1) is 35.0. The average molecular weight is 1030 g/mol. The zero-order valence-electron chi connectivity index (χ0n) is 46.9. The maximum Gasteiger partial charge on any atom is 0.472 e. The number of hydrogen-bond acceptors (Lipinski definition) is 7. The van der Waals surface area contributed by atoms with Crippen LogP contribution in [0.2, 0.25) is 0 Å². The van der Waals surface area contributed by atoms with E-state index in [1.807, 2.05) is 33.3 Å². The van der Waals surface area contributed by atoms with Crippen LogP contribution in [0.25, 0.3) is 0 Å². The van der Waals surface area contributed by atoms with Crippen molar-refractivity contribution in [3.8, 4) is 0 Å². The van der Waals surface area contributed by atoms with Crippen molar-refractivity contribution >= 4 is 19.8 Å². The van der Waals surface area contributed by atoms with Gasteiger partial charge in [-0.1, -0.05) is 239 Å². The van der Waals surface area contributed by atoms with Gasteiger partial charge < -0.3 is 18.9 Å². The molecule has 0 aromatic heterocycles. The Bertz CT molecular complexity index is 1540. The molecule has 2 unspecified atom stereocenters. The Morgan fingerprint density at radius 1 is 0.458 bits per heavy atom. The minimum atomic E-state index is -4.41. The molecule has 0 heterocycles. The van der Waals surface area contributed by atoms with Crippen molar-refractivity contribution in [2.75, 3.05) is 47.5 Å². The summed E-state index contributed by atoms with van der Waals surface area (Å²) in [5.41, 5.74) is 0. The van der Waals surface area contributed by atoms with E-state index in [9.17, 15) is 19.0 Å². The van der Waals surface area contributed by atoms with E-state index in [1.165, 1.54) is 141 Å². The molecule has 72 heavy (non-hydrogen) atoms. The monoisotopic (exact) mass is 1030 g/mol. The third-order valence-corrected chi connectivity index (χ3v) is 13.1. The molecule has 0 rings (SSSR count). The quantitative estimate of drug-likeness (QED) is 0.0211. The first kappa shape index (κ1) is 68.9. The molecular formula is C62H109NO8P+. The molecule has 0 bridgehead atoms. The fourth-order valence-corrected chi connectivity index (χ4v) is 8.43. The van der Waals surface area contributed by atoms with Gasteiger partial charge in [-0.2, -0.15) is 0 Å². The standard InChI is InChI=1S/C62H108NO8P/c1-6-8-10-12-14-16-18-20-22-23-24-25-26-27-28-29-30-31-32-33-34-35-36-37-38-39-41-42-44-46-48-50-52-54-61(64)68-58-60(59-70-72(66,67)69-57-56-63(3,4)5)71-62(65)55-53-51-49-47-45-43-40-21-19-17-15-13-11-9-7-2/h9,11,15,17-18,20-21,23-24,26-27,40,45,47,51,53,60H,6-8,10,12-14,16,19,22,25,28-39,41-44,46,48-50,52,54-59H2,1-5H3/p+1/b11-9-,17-15-,20-18-,24-23-,27-26-,40-21-,47-45-,53-51-. The van der Waals surface area contributed by atoms with E-state index < -0.39 is 32.5 Å². The molecular weight excluding hydrogens is 918 g/mol. The molecule has 0 fully saturated rings. The van der Waals surface area contributed by atoms with E-state index in [-0.39, 0.29) is 26.1 Å². The normalized spacial score (nSPS) is 14.0. The summed E-state index contributed by atoms with van der Waals surface area (Å²) in [6, 6.07) is 0. The minimum Gasteiger partial charge on any atom is -0.462 e. The van der Waals surface area contributed by atoms with Crippen LogP contribution in [0.4, 0.5) is 0 Å². The van der Waals surface area contributed by atoms with E-state index in [2.05, 4.69) is 92.8 Å². The highest BCUT2D eigenvalue weighted by atomic mass is 31.2. The maximum absolute atomic E-state index is 12.7. The lowest BCUT2D eigenvalue weighted by molar-refractivity contribution is -0.870. The molecule has 0 radical (unpaired) electrons. The second-order valence-corrected chi connectivity index (χ2v) is 21.8. The van der Waals surface area contributed by atoms with Crippen LogP contribution >= 0.6 is 7.82 Å². The second-order valence-electron chi connectivity index (χ2n) is 20.3. The first-order valence-corrected chi connectivity index (χ1v) is 30.5. The van der Waals surface area contributed by atoms with Gasteiger partial charge in [-0.05, 0) is 77.0 Å². The van der Waals surface area contributed by atoms with Crippen molar-refractivity contribution < 1.29 is 42.1 Å². The number of phosphoric ester groups is 1. The van der Waals surface area contributed by atoms with Crippen LogP contribution in [-0.2, 0) is 32.7 Å². The molecule has 1 N–H and O–H groups in total. The first-order valence-electron chi connectivity index (χ1n) is 29.0. The van der Waals surface area contributed by atoms with Crippen molar-refractivity contribution in [3.05, 3.63) is 97.2 Å². The molecule has 0 aliphatic rings. The Kier molecular flexibility index (Phi) is 50.5. The summed E-state index contributed by atoms with van der Waals surface area (Å²) in [5.74, 6) is -0.946. The Morgan fingerprint density at radius 3 is 1.25 bits per heavy atom. The summed E-state index contributed by atoms with van der Waals surface area (Å²) in [4.78, 5) is 35.5. The second kappa shape index (κ2) is 52.8. The Hall–Kier alpha value is -3.07. The van der Waals surface area contributed by atoms with Gasteiger partial charge in [-0.15, -0.1) is 0 Å². The van der Waals surface area contributed by atoms with Gasteiger partial charge in [-0.3, -0.25) is 18.6 Å². The summed E-state index contributed by atoms with van der Waals surface area (Å²) < 4.78 is 34.3. The van der Waals surface area contributed by atoms with Crippen molar-refractivity contribution in [3.63, 3.8) is 0 Å². The predicted octanol–water partition coefficient (Wildman–Crippen LogP) is 18.0. The van der Waals surface area contributed by atoms with Crippen LogP contribution < -0.4 is 0 Å². The Labute approximate surface area is 443 Å². The number of nitrogens with zero attached hydrogens (tertiary/aromatic N) is 1. The molecule has 0 aromatic carbocycles. The zero-order chi connectivity index (χ0) is 52.7. The van der Waals surface area contributed by atoms with Crippen molar-refractivity contribution in [1.82, 2.24) is 0 Å². The van der Waals surface area contributed by atoms with Gasteiger partial charge >= 0.3 is 19.8 Å². The maximum atomic E-state index is 12.7. The summed E-state index contributed by atoms with van der Waals surface area (Å²) in [6.45, 7) is 4.19. The van der Waals surface area contributed by atoms with E-state index in [0.29, 0.717) is 17.4 Å². The van der Waals surface area contributed by atoms with Gasteiger partial charge in [0.05, 0.1) is 34.2 Å². The van der Waals surface area contributed by atoms with Crippen molar-refractivity contribution in [2.45, 2.75) is 238 Å². The third kappa shape index (κ3) is 56.2.